The number of benzene rings is 1. The Kier molecular flexibility index (Phi) is 4.79. The monoisotopic (exact) mass is 272 g/mol. The van der Waals surface area contributed by atoms with Crippen LogP contribution in [0.1, 0.15) is 10.4 Å². The molecule has 0 saturated carbocycles. The van der Waals surface area contributed by atoms with Crippen LogP contribution < -0.4 is 20.5 Å². The van der Waals surface area contributed by atoms with Crippen LogP contribution in [0.5, 0.6) is 11.5 Å². The van der Waals surface area contributed by atoms with E-state index in [9.17, 15) is 9.59 Å². The van der Waals surface area contributed by atoms with E-state index in [-0.39, 0.29) is 17.1 Å². The van der Waals surface area contributed by atoms with Gasteiger partial charge in [-0.2, -0.15) is 0 Å². The molecule has 0 aromatic heterocycles. The molecule has 18 heavy (non-hydrogen) atoms. The molecule has 0 spiro atoms. The fourth-order valence-corrected chi connectivity index (χ4v) is 1.44. The minimum absolute atomic E-state index is 0.117. The molecule has 1 rings (SSSR count). The molecule has 0 fully saturated rings. The van der Waals surface area contributed by atoms with Crippen molar-refractivity contribution in [2.75, 3.05) is 25.4 Å². The van der Waals surface area contributed by atoms with Crippen molar-refractivity contribution in [3.63, 3.8) is 0 Å². The van der Waals surface area contributed by atoms with E-state index in [1.165, 1.54) is 26.4 Å². The van der Waals surface area contributed by atoms with Gasteiger partial charge in [0.1, 0.15) is 5.88 Å². The molecule has 6 nitrogen and oxygen atoms in total. The lowest BCUT2D eigenvalue weighted by molar-refractivity contribution is -0.113. The van der Waals surface area contributed by atoms with E-state index in [0.29, 0.717) is 11.5 Å². The highest BCUT2D eigenvalue weighted by atomic mass is 35.5. The SMILES string of the molecule is COc1cc(NC(=O)CCl)c(C(N)=O)cc1OC. The number of halogens is 1. The molecular formula is C11H13ClN2O4. The quantitative estimate of drug-likeness (QED) is 0.782. The zero-order chi connectivity index (χ0) is 13.7. The maximum absolute atomic E-state index is 11.3. The summed E-state index contributed by atoms with van der Waals surface area (Å²) in [6, 6.07) is 2.84. The van der Waals surface area contributed by atoms with Gasteiger partial charge in [-0.1, -0.05) is 0 Å². The topological polar surface area (TPSA) is 90.6 Å². The average Bonchev–Trinajstić information content (AvgIpc) is 2.37. The predicted molar refractivity (Wildman–Crippen MR) is 67.4 cm³/mol. The first-order valence-electron chi connectivity index (χ1n) is 4.95. The van der Waals surface area contributed by atoms with Gasteiger partial charge in [-0.3, -0.25) is 9.59 Å². The average molecular weight is 273 g/mol. The van der Waals surface area contributed by atoms with Crippen LogP contribution in [0.4, 0.5) is 5.69 Å². The van der Waals surface area contributed by atoms with Crippen LogP contribution in [0.2, 0.25) is 0 Å². The Balaban J connectivity index is 3.28. The van der Waals surface area contributed by atoms with E-state index in [4.69, 9.17) is 26.8 Å². The van der Waals surface area contributed by atoms with E-state index in [1.807, 2.05) is 0 Å². The third-order valence-corrected chi connectivity index (χ3v) is 2.43. The van der Waals surface area contributed by atoms with Gasteiger partial charge in [-0.15, -0.1) is 11.6 Å². The first-order chi connectivity index (χ1) is 8.53. The third-order valence-electron chi connectivity index (χ3n) is 2.18. The van der Waals surface area contributed by atoms with Crippen molar-refractivity contribution in [3.8, 4) is 11.5 Å². The number of rotatable bonds is 5. The van der Waals surface area contributed by atoms with Crippen LogP contribution in [-0.2, 0) is 4.79 Å². The minimum atomic E-state index is -0.694. The number of ether oxygens (including phenoxy) is 2. The number of amides is 2. The Labute approximate surface area is 109 Å². The van der Waals surface area contributed by atoms with E-state index in [1.54, 1.807) is 0 Å². The number of carbonyl (C=O) groups excluding carboxylic acids is 2. The molecule has 98 valence electrons. The second kappa shape index (κ2) is 6.11. The molecule has 0 unspecified atom stereocenters. The third kappa shape index (κ3) is 3.04. The Bertz CT molecular complexity index is 476. The van der Waals surface area contributed by atoms with Crippen molar-refractivity contribution in [2.24, 2.45) is 5.73 Å². The van der Waals surface area contributed by atoms with Crippen molar-refractivity contribution < 1.29 is 19.1 Å². The lowest BCUT2D eigenvalue weighted by Gasteiger charge is -2.13. The number of hydrogen-bond acceptors (Lipinski definition) is 4. The van der Waals surface area contributed by atoms with Crippen LogP contribution in [-0.4, -0.2) is 31.9 Å². The molecule has 1 aromatic carbocycles. The Morgan fingerprint density at radius 3 is 2.28 bits per heavy atom. The second-order valence-electron chi connectivity index (χ2n) is 3.30. The van der Waals surface area contributed by atoms with Crippen LogP contribution in [0.25, 0.3) is 0 Å². The highest BCUT2D eigenvalue weighted by molar-refractivity contribution is 6.29. The summed E-state index contributed by atoms with van der Waals surface area (Å²) in [7, 11) is 2.87. The van der Waals surface area contributed by atoms with E-state index in [0.717, 1.165) is 0 Å². The summed E-state index contributed by atoms with van der Waals surface area (Å²) in [5, 5.41) is 2.46. The fraction of sp³-hybridized carbons (Fsp3) is 0.273. The second-order valence-corrected chi connectivity index (χ2v) is 3.57. The fourth-order valence-electron chi connectivity index (χ4n) is 1.37. The number of methoxy groups -OCH3 is 2. The first-order valence-corrected chi connectivity index (χ1v) is 5.48. The minimum Gasteiger partial charge on any atom is -0.493 e. The van der Waals surface area contributed by atoms with Crippen LogP contribution in [0.3, 0.4) is 0 Å². The van der Waals surface area contributed by atoms with Gasteiger partial charge in [0.25, 0.3) is 5.91 Å². The zero-order valence-corrected chi connectivity index (χ0v) is 10.7. The van der Waals surface area contributed by atoms with Crippen molar-refractivity contribution in [3.05, 3.63) is 17.7 Å². The van der Waals surface area contributed by atoms with Crippen molar-refractivity contribution in [1.82, 2.24) is 0 Å². The number of anilines is 1. The molecule has 0 radical (unpaired) electrons. The predicted octanol–water partition coefficient (Wildman–Crippen LogP) is 0.980. The molecule has 0 bridgehead atoms. The van der Waals surface area contributed by atoms with Gasteiger partial charge in [0.05, 0.1) is 25.5 Å². The molecule has 0 atom stereocenters. The Morgan fingerprint density at radius 1 is 1.28 bits per heavy atom. The van der Waals surface area contributed by atoms with Gasteiger partial charge in [-0.25, -0.2) is 0 Å². The molecule has 1 aromatic rings. The van der Waals surface area contributed by atoms with Crippen LogP contribution >= 0.6 is 11.6 Å². The summed E-state index contributed by atoms with van der Waals surface area (Å²) in [5.41, 5.74) is 5.57. The van der Waals surface area contributed by atoms with Crippen LogP contribution in [0.15, 0.2) is 12.1 Å². The highest BCUT2D eigenvalue weighted by Gasteiger charge is 2.16. The maximum Gasteiger partial charge on any atom is 0.250 e. The number of primary amides is 1. The lowest BCUT2D eigenvalue weighted by atomic mass is 10.1. The lowest BCUT2D eigenvalue weighted by Crippen LogP contribution is -2.19. The van der Waals surface area contributed by atoms with Gasteiger partial charge in [-0.05, 0) is 6.07 Å². The zero-order valence-electron chi connectivity index (χ0n) is 9.95. The number of hydrogen-bond donors (Lipinski definition) is 2. The Hall–Kier alpha value is -1.95. The molecular weight excluding hydrogens is 260 g/mol. The van der Waals surface area contributed by atoms with E-state index >= 15 is 0 Å². The van der Waals surface area contributed by atoms with Gasteiger partial charge in [0.2, 0.25) is 5.91 Å². The molecule has 0 saturated heterocycles. The summed E-state index contributed by atoms with van der Waals surface area (Å²) >= 11 is 5.38. The Morgan fingerprint density at radius 2 is 1.83 bits per heavy atom. The standard InChI is InChI=1S/C11H13ClN2O4/c1-17-8-3-6(11(13)16)7(4-9(8)18-2)14-10(15)5-12/h3-4H,5H2,1-2H3,(H2,13,16)(H,14,15). The number of carbonyl (C=O) groups is 2. The van der Waals surface area contributed by atoms with Crippen LogP contribution in [0, 0.1) is 0 Å². The molecule has 0 heterocycles. The molecule has 0 aliphatic heterocycles. The molecule has 0 aliphatic rings. The van der Waals surface area contributed by atoms with E-state index < -0.39 is 11.8 Å². The largest absolute Gasteiger partial charge is 0.493 e. The normalized spacial score (nSPS) is 9.72. The van der Waals surface area contributed by atoms with Crippen molar-refractivity contribution in [2.45, 2.75) is 0 Å². The number of nitrogens with one attached hydrogen (secondary N) is 1. The first kappa shape index (κ1) is 14.1. The maximum atomic E-state index is 11.3. The molecule has 7 heteroatoms. The van der Waals surface area contributed by atoms with Crippen molar-refractivity contribution >= 4 is 29.1 Å². The highest BCUT2D eigenvalue weighted by Crippen LogP contribution is 2.33. The molecule has 2 amide bonds. The summed E-state index contributed by atoms with van der Waals surface area (Å²) in [6.07, 6.45) is 0. The number of alkyl halides is 1. The summed E-state index contributed by atoms with van der Waals surface area (Å²) in [5.74, 6) is -0.665. The molecule has 3 N–H and O–H groups in total. The van der Waals surface area contributed by atoms with Gasteiger partial charge in [0, 0.05) is 6.07 Å². The number of nitrogens with two attached hydrogens (primary N) is 1. The summed E-state index contributed by atoms with van der Waals surface area (Å²) < 4.78 is 10.1. The summed E-state index contributed by atoms with van der Waals surface area (Å²) in [6.45, 7) is 0. The molecule has 0 aliphatic carbocycles. The smallest absolute Gasteiger partial charge is 0.250 e. The van der Waals surface area contributed by atoms with Crippen molar-refractivity contribution in [1.29, 1.82) is 0 Å². The van der Waals surface area contributed by atoms with E-state index in [2.05, 4.69) is 5.32 Å². The van der Waals surface area contributed by atoms with Gasteiger partial charge in [0.15, 0.2) is 11.5 Å². The van der Waals surface area contributed by atoms with Gasteiger partial charge >= 0.3 is 0 Å². The summed E-state index contributed by atoms with van der Waals surface area (Å²) in [4.78, 5) is 22.5. The van der Waals surface area contributed by atoms with Gasteiger partial charge < -0.3 is 20.5 Å².